The zero-order valence-corrected chi connectivity index (χ0v) is 24.2. The number of sulfonamides is 1. The van der Waals surface area contributed by atoms with E-state index in [9.17, 15) is 18.5 Å². The van der Waals surface area contributed by atoms with E-state index in [-0.39, 0.29) is 16.8 Å². The number of carbonyl (C=O) groups excluding carboxylic acids is 1. The fraction of sp³-hybridized carbons (Fsp3) is 0.367. The summed E-state index contributed by atoms with van der Waals surface area (Å²) >= 11 is 0. The molecule has 10 nitrogen and oxygen atoms in total. The quantitative estimate of drug-likeness (QED) is 0.459. The number of aryl methyl sites for hydroxylation is 2. The molecule has 3 N–H and O–H groups in total. The third-order valence-corrected chi connectivity index (χ3v) is 8.84. The van der Waals surface area contributed by atoms with E-state index in [0.717, 1.165) is 48.6 Å². The molecule has 2 fully saturated rings. The monoisotopic (exact) mass is 573 g/mol. The average molecular weight is 574 g/mol. The van der Waals surface area contributed by atoms with Crippen LogP contribution < -0.4 is 20.3 Å². The summed E-state index contributed by atoms with van der Waals surface area (Å²) in [5.74, 6) is 0.586. The lowest BCUT2D eigenvalue weighted by molar-refractivity contribution is 0.0740. The summed E-state index contributed by atoms with van der Waals surface area (Å²) in [5.41, 5.74) is 4.45. The number of nitrogens with one attached hydrogen (secondary N) is 1. The highest BCUT2D eigenvalue weighted by Gasteiger charge is 2.28. The predicted octanol–water partition coefficient (Wildman–Crippen LogP) is 3.26. The van der Waals surface area contributed by atoms with Gasteiger partial charge in [0.15, 0.2) is 0 Å². The molecule has 1 aromatic heterocycles. The Balaban J connectivity index is 1.24. The van der Waals surface area contributed by atoms with Crippen molar-refractivity contribution < 1.29 is 13.2 Å². The lowest BCUT2D eigenvalue weighted by Crippen LogP contribution is -2.49. The van der Waals surface area contributed by atoms with E-state index in [4.69, 9.17) is 10.1 Å². The van der Waals surface area contributed by atoms with Crippen molar-refractivity contribution in [2.75, 3.05) is 54.4 Å². The van der Waals surface area contributed by atoms with Crippen LogP contribution in [0.2, 0.25) is 0 Å². The number of piperidine rings is 1. The number of amides is 1. The van der Waals surface area contributed by atoms with Gasteiger partial charge in [0.25, 0.3) is 5.91 Å². The van der Waals surface area contributed by atoms with Gasteiger partial charge >= 0.3 is 0 Å². The van der Waals surface area contributed by atoms with E-state index in [1.54, 1.807) is 23.1 Å². The van der Waals surface area contributed by atoms with Crippen LogP contribution in [0.3, 0.4) is 0 Å². The fourth-order valence-corrected chi connectivity index (χ4v) is 6.43. The van der Waals surface area contributed by atoms with Gasteiger partial charge in [0.1, 0.15) is 22.5 Å². The molecule has 0 spiro atoms. The molecule has 0 radical (unpaired) electrons. The van der Waals surface area contributed by atoms with Crippen LogP contribution in [0.4, 0.5) is 17.2 Å². The lowest BCUT2D eigenvalue weighted by atomic mass is 10.0. The number of benzene rings is 2. The largest absolute Gasteiger partial charge is 0.370 e. The Kier molecular flexibility index (Phi) is 8.15. The average Bonchev–Trinajstić information content (AvgIpc) is 2.98. The second-order valence-electron chi connectivity index (χ2n) is 10.6. The van der Waals surface area contributed by atoms with Gasteiger partial charge in [-0.2, -0.15) is 5.26 Å². The topological polar surface area (TPSA) is 136 Å². The number of hydrogen-bond acceptors (Lipinski definition) is 8. The maximum absolute atomic E-state index is 13.6. The minimum Gasteiger partial charge on any atom is -0.370 e. The Hall–Kier alpha value is -4.14. The Morgan fingerprint density at radius 3 is 2.20 bits per heavy atom. The van der Waals surface area contributed by atoms with Gasteiger partial charge in [0.2, 0.25) is 10.0 Å². The standard InChI is InChI=1S/C30H35N7O3S/c1-21-19-22(2)29(33-24-11-13-35(14-12-24)25-8-4-3-7-23(25)20-31)34-28(21)30(38)37-17-15-36(16-18-37)26-9-5-6-10-27(26)41(32,39)40/h3-10,19,24H,11-18H2,1-2H3,(H,33,34)(H2,32,39,40). The Labute approximate surface area is 241 Å². The third kappa shape index (κ3) is 6.14. The minimum atomic E-state index is -3.86. The summed E-state index contributed by atoms with van der Waals surface area (Å²) in [6, 6.07) is 18.9. The SMILES string of the molecule is Cc1cc(C)c(C(=O)N2CCN(c3ccccc3S(N)(=O)=O)CC2)nc1NC1CCN(c2ccccc2C#N)CC1. The maximum Gasteiger partial charge on any atom is 0.272 e. The number of nitrogens with two attached hydrogens (primary N) is 1. The molecule has 1 amide bonds. The van der Waals surface area contributed by atoms with Gasteiger partial charge < -0.3 is 20.0 Å². The molecule has 0 aliphatic carbocycles. The summed E-state index contributed by atoms with van der Waals surface area (Å²) in [4.78, 5) is 24.4. The minimum absolute atomic E-state index is 0.0895. The van der Waals surface area contributed by atoms with Crippen LogP contribution in [-0.2, 0) is 10.0 Å². The number of primary sulfonamides is 1. The number of rotatable bonds is 6. The highest BCUT2D eigenvalue weighted by Crippen LogP contribution is 2.28. The smallest absolute Gasteiger partial charge is 0.272 e. The van der Waals surface area contributed by atoms with Crippen LogP contribution in [0, 0.1) is 25.2 Å². The van der Waals surface area contributed by atoms with Crippen molar-refractivity contribution in [1.29, 1.82) is 5.26 Å². The van der Waals surface area contributed by atoms with Crippen LogP contribution in [-0.4, -0.2) is 69.5 Å². The molecule has 2 saturated heterocycles. The molecule has 2 aromatic carbocycles. The lowest BCUT2D eigenvalue weighted by Gasteiger charge is -2.37. The zero-order valence-electron chi connectivity index (χ0n) is 23.4. The van der Waals surface area contributed by atoms with E-state index in [2.05, 4.69) is 16.3 Å². The number of piperazine rings is 1. The molecule has 2 aliphatic rings. The first-order chi connectivity index (χ1) is 19.7. The molecule has 0 saturated carbocycles. The third-order valence-electron chi connectivity index (χ3n) is 7.89. The van der Waals surface area contributed by atoms with E-state index < -0.39 is 10.0 Å². The van der Waals surface area contributed by atoms with Crippen molar-refractivity contribution in [3.05, 3.63) is 77.0 Å². The van der Waals surface area contributed by atoms with Gasteiger partial charge in [-0.3, -0.25) is 4.79 Å². The molecule has 0 atom stereocenters. The molecule has 5 rings (SSSR count). The normalized spacial score (nSPS) is 16.4. The van der Waals surface area contributed by atoms with Crippen LogP contribution in [0.25, 0.3) is 0 Å². The van der Waals surface area contributed by atoms with Crippen molar-refractivity contribution in [2.24, 2.45) is 5.14 Å². The van der Waals surface area contributed by atoms with Crippen LogP contribution >= 0.6 is 0 Å². The maximum atomic E-state index is 13.6. The number of pyridine rings is 1. The number of anilines is 3. The van der Waals surface area contributed by atoms with Gasteiger partial charge in [0.05, 0.1) is 16.9 Å². The number of para-hydroxylation sites is 2. The Morgan fingerprint density at radius 2 is 1.54 bits per heavy atom. The molecular formula is C30H35N7O3S. The molecule has 3 heterocycles. The van der Waals surface area contributed by atoms with Gasteiger partial charge in [-0.1, -0.05) is 30.3 Å². The summed E-state index contributed by atoms with van der Waals surface area (Å²) < 4.78 is 24.1. The van der Waals surface area contributed by atoms with Crippen molar-refractivity contribution in [1.82, 2.24) is 9.88 Å². The summed E-state index contributed by atoms with van der Waals surface area (Å²) in [6.07, 6.45) is 1.78. The van der Waals surface area contributed by atoms with Gasteiger partial charge in [0, 0.05) is 45.3 Å². The first-order valence-corrected chi connectivity index (χ1v) is 15.3. The molecular weight excluding hydrogens is 538 g/mol. The Bertz CT molecular complexity index is 1590. The first-order valence-electron chi connectivity index (χ1n) is 13.8. The predicted molar refractivity (Wildman–Crippen MR) is 160 cm³/mol. The van der Waals surface area contributed by atoms with Crippen molar-refractivity contribution >= 4 is 33.1 Å². The summed E-state index contributed by atoms with van der Waals surface area (Å²) in [5, 5.41) is 18.5. The van der Waals surface area contributed by atoms with Crippen LogP contribution in [0.1, 0.15) is 40.0 Å². The molecule has 41 heavy (non-hydrogen) atoms. The van der Waals surface area contributed by atoms with Crippen molar-refractivity contribution in [2.45, 2.75) is 37.6 Å². The molecule has 3 aromatic rings. The van der Waals surface area contributed by atoms with E-state index >= 15 is 0 Å². The molecule has 214 valence electrons. The summed E-state index contributed by atoms with van der Waals surface area (Å²) in [6.45, 7) is 7.41. The van der Waals surface area contributed by atoms with E-state index in [1.165, 1.54) is 6.07 Å². The Morgan fingerprint density at radius 1 is 0.927 bits per heavy atom. The molecule has 2 aliphatic heterocycles. The van der Waals surface area contributed by atoms with Gasteiger partial charge in [-0.05, 0) is 62.1 Å². The second-order valence-corrected chi connectivity index (χ2v) is 12.2. The van der Waals surface area contributed by atoms with E-state index in [1.807, 2.05) is 49.1 Å². The molecule has 11 heteroatoms. The van der Waals surface area contributed by atoms with Crippen molar-refractivity contribution in [3.63, 3.8) is 0 Å². The van der Waals surface area contributed by atoms with Gasteiger partial charge in [-0.25, -0.2) is 18.5 Å². The van der Waals surface area contributed by atoms with Crippen LogP contribution in [0.15, 0.2) is 59.5 Å². The highest BCUT2D eigenvalue weighted by molar-refractivity contribution is 7.89. The second kappa shape index (κ2) is 11.8. The molecule has 0 bridgehead atoms. The van der Waals surface area contributed by atoms with Crippen molar-refractivity contribution in [3.8, 4) is 6.07 Å². The number of nitriles is 1. The highest BCUT2D eigenvalue weighted by atomic mass is 32.2. The first kappa shape index (κ1) is 28.4. The fourth-order valence-electron chi connectivity index (χ4n) is 5.67. The van der Waals surface area contributed by atoms with Crippen LogP contribution in [0.5, 0.6) is 0 Å². The number of hydrogen-bond donors (Lipinski definition) is 2. The van der Waals surface area contributed by atoms with E-state index in [0.29, 0.717) is 43.1 Å². The number of aromatic nitrogens is 1. The zero-order chi connectivity index (χ0) is 29.1. The number of carbonyl (C=O) groups is 1. The van der Waals surface area contributed by atoms with Gasteiger partial charge in [-0.15, -0.1) is 0 Å². The summed E-state index contributed by atoms with van der Waals surface area (Å²) in [7, 11) is -3.86. The molecule has 0 unspecified atom stereocenters. The number of nitrogens with zero attached hydrogens (tertiary/aromatic N) is 5.